The van der Waals surface area contributed by atoms with Gasteiger partial charge in [0.2, 0.25) is 0 Å². The summed E-state index contributed by atoms with van der Waals surface area (Å²) in [5.74, 6) is 0.545. The molecule has 4 N–H and O–H groups in total. The second-order valence-electron chi connectivity index (χ2n) is 4.81. The van der Waals surface area contributed by atoms with Crippen molar-refractivity contribution in [2.75, 3.05) is 32.1 Å². The van der Waals surface area contributed by atoms with Gasteiger partial charge in [-0.2, -0.15) is 0 Å². The Morgan fingerprint density at radius 1 is 1.60 bits per heavy atom. The Bertz CT molecular complexity index is 490. The lowest BCUT2D eigenvalue weighted by molar-refractivity contribution is 0.0640. The van der Waals surface area contributed by atoms with Gasteiger partial charge in [0.25, 0.3) is 0 Å². The summed E-state index contributed by atoms with van der Waals surface area (Å²) in [6.45, 7) is 1.45. The Hall–Kier alpha value is -1.50. The molecule has 1 fully saturated rings. The summed E-state index contributed by atoms with van der Waals surface area (Å²) >= 11 is 5.97. The van der Waals surface area contributed by atoms with E-state index in [1.54, 1.807) is 18.2 Å². The molecule has 2 amide bonds. The SMILES string of the molecule is COc1ccc(NC(=O)NC[C@]2(O)CCNC2)cc1Cl. The fraction of sp³-hybridized carbons (Fsp3) is 0.462. The van der Waals surface area contributed by atoms with Crippen LogP contribution in [0.15, 0.2) is 18.2 Å². The van der Waals surface area contributed by atoms with Crippen molar-refractivity contribution in [2.24, 2.45) is 0 Å². The van der Waals surface area contributed by atoms with Crippen molar-refractivity contribution in [3.05, 3.63) is 23.2 Å². The van der Waals surface area contributed by atoms with E-state index in [1.165, 1.54) is 7.11 Å². The Labute approximate surface area is 122 Å². The molecule has 0 unspecified atom stereocenters. The Morgan fingerprint density at radius 2 is 2.40 bits per heavy atom. The molecule has 1 atom stereocenters. The van der Waals surface area contributed by atoms with Gasteiger partial charge in [-0.05, 0) is 31.2 Å². The lowest BCUT2D eigenvalue weighted by Crippen LogP contribution is -2.45. The van der Waals surface area contributed by atoms with Gasteiger partial charge in [-0.25, -0.2) is 4.79 Å². The van der Waals surface area contributed by atoms with Gasteiger partial charge in [-0.3, -0.25) is 0 Å². The quantitative estimate of drug-likeness (QED) is 0.673. The van der Waals surface area contributed by atoms with E-state index in [2.05, 4.69) is 16.0 Å². The molecule has 20 heavy (non-hydrogen) atoms. The number of halogens is 1. The molecule has 1 aliphatic rings. The number of hydrogen-bond acceptors (Lipinski definition) is 4. The number of carbonyl (C=O) groups is 1. The zero-order chi connectivity index (χ0) is 14.6. The molecule has 0 aliphatic carbocycles. The fourth-order valence-corrected chi connectivity index (χ4v) is 2.30. The zero-order valence-corrected chi connectivity index (χ0v) is 12.0. The minimum absolute atomic E-state index is 0.204. The van der Waals surface area contributed by atoms with Gasteiger partial charge in [0, 0.05) is 18.8 Å². The smallest absolute Gasteiger partial charge is 0.319 e. The summed E-state index contributed by atoms with van der Waals surface area (Å²) < 4.78 is 5.03. The van der Waals surface area contributed by atoms with Gasteiger partial charge in [-0.1, -0.05) is 11.6 Å². The van der Waals surface area contributed by atoms with E-state index in [-0.39, 0.29) is 12.6 Å². The number of anilines is 1. The molecule has 0 bridgehead atoms. The molecular weight excluding hydrogens is 282 g/mol. The highest BCUT2D eigenvalue weighted by Crippen LogP contribution is 2.27. The van der Waals surface area contributed by atoms with Crippen LogP contribution in [0.5, 0.6) is 5.75 Å². The van der Waals surface area contributed by atoms with Gasteiger partial charge in [0.1, 0.15) is 5.75 Å². The van der Waals surface area contributed by atoms with Crippen LogP contribution in [0.3, 0.4) is 0 Å². The van der Waals surface area contributed by atoms with Crippen LogP contribution < -0.4 is 20.7 Å². The van der Waals surface area contributed by atoms with Crippen LogP contribution in [0.4, 0.5) is 10.5 Å². The molecule has 2 rings (SSSR count). The molecular formula is C13H18ClN3O3. The predicted molar refractivity (Wildman–Crippen MR) is 77.5 cm³/mol. The van der Waals surface area contributed by atoms with Crippen LogP contribution >= 0.6 is 11.6 Å². The molecule has 1 aliphatic heterocycles. The van der Waals surface area contributed by atoms with Crippen LogP contribution in [-0.4, -0.2) is 43.5 Å². The molecule has 0 radical (unpaired) electrons. The number of carbonyl (C=O) groups excluding carboxylic acids is 1. The average molecular weight is 300 g/mol. The third-order valence-electron chi connectivity index (χ3n) is 3.21. The van der Waals surface area contributed by atoms with Crippen molar-refractivity contribution >= 4 is 23.3 Å². The van der Waals surface area contributed by atoms with Crippen molar-refractivity contribution < 1.29 is 14.6 Å². The first-order valence-electron chi connectivity index (χ1n) is 6.34. The monoisotopic (exact) mass is 299 g/mol. The predicted octanol–water partition coefficient (Wildman–Crippen LogP) is 1.19. The fourth-order valence-electron chi connectivity index (χ4n) is 2.05. The van der Waals surface area contributed by atoms with Crippen molar-refractivity contribution in [2.45, 2.75) is 12.0 Å². The van der Waals surface area contributed by atoms with E-state index < -0.39 is 5.60 Å². The summed E-state index contributed by atoms with van der Waals surface area (Å²) in [6, 6.07) is 4.58. The number of urea groups is 1. The first-order valence-corrected chi connectivity index (χ1v) is 6.72. The van der Waals surface area contributed by atoms with Crippen LogP contribution in [-0.2, 0) is 0 Å². The van der Waals surface area contributed by atoms with E-state index in [9.17, 15) is 9.90 Å². The second kappa shape index (κ2) is 6.30. The summed E-state index contributed by atoms with van der Waals surface area (Å²) in [5.41, 5.74) is -0.306. The van der Waals surface area contributed by atoms with Crippen LogP contribution in [0.2, 0.25) is 5.02 Å². The van der Waals surface area contributed by atoms with Gasteiger partial charge in [-0.15, -0.1) is 0 Å². The summed E-state index contributed by atoms with van der Waals surface area (Å²) in [4.78, 5) is 11.7. The highest BCUT2D eigenvalue weighted by atomic mass is 35.5. The van der Waals surface area contributed by atoms with E-state index in [4.69, 9.17) is 16.3 Å². The number of ether oxygens (including phenoxy) is 1. The molecule has 0 aromatic heterocycles. The first-order chi connectivity index (χ1) is 9.52. The molecule has 1 aromatic carbocycles. The van der Waals surface area contributed by atoms with Crippen LogP contribution in [0.25, 0.3) is 0 Å². The molecule has 6 nitrogen and oxygen atoms in total. The normalized spacial score (nSPS) is 21.6. The maximum atomic E-state index is 11.7. The van der Waals surface area contributed by atoms with Crippen LogP contribution in [0, 0.1) is 0 Å². The van der Waals surface area contributed by atoms with E-state index in [0.717, 1.165) is 6.54 Å². The minimum Gasteiger partial charge on any atom is -0.495 e. The van der Waals surface area contributed by atoms with Gasteiger partial charge in [0.15, 0.2) is 0 Å². The van der Waals surface area contributed by atoms with Crippen LogP contribution in [0.1, 0.15) is 6.42 Å². The molecule has 1 heterocycles. The number of benzene rings is 1. The third-order valence-corrected chi connectivity index (χ3v) is 3.50. The maximum absolute atomic E-state index is 11.7. The maximum Gasteiger partial charge on any atom is 0.319 e. The molecule has 0 saturated carbocycles. The highest BCUT2D eigenvalue weighted by molar-refractivity contribution is 6.32. The highest BCUT2D eigenvalue weighted by Gasteiger charge is 2.31. The van der Waals surface area contributed by atoms with E-state index >= 15 is 0 Å². The molecule has 110 valence electrons. The van der Waals surface area contributed by atoms with Crippen molar-refractivity contribution in [1.29, 1.82) is 0 Å². The van der Waals surface area contributed by atoms with Gasteiger partial charge in [0.05, 0.1) is 17.7 Å². The molecule has 7 heteroatoms. The largest absolute Gasteiger partial charge is 0.495 e. The molecule has 0 spiro atoms. The Kier molecular flexibility index (Phi) is 4.69. The Balaban J connectivity index is 1.86. The number of rotatable bonds is 4. The number of β-amino-alcohol motifs (C(OH)–C–C–N with tert-alkyl or cyclic N) is 1. The summed E-state index contributed by atoms with van der Waals surface area (Å²) in [7, 11) is 1.53. The number of amides is 2. The average Bonchev–Trinajstić information content (AvgIpc) is 2.84. The second-order valence-corrected chi connectivity index (χ2v) is 5.22. The van der Waals surface area contributed by atoms with E-state index in [0.29, 0.717) is 29.4 Å². The Morgan fingerprint density at radius 3 is 3.00 bits per heavy atom. The molecule has 1 aromatic rings. The first kappa shape index (κ1) is 14.9. The number of nitrogens with one attached hydrogen (secondary N) is 3. The lowest BCUT2D eigenvalue weighted by atomic mass is 10.0. The minimum atomic E-state index is -0.866. The lowest BCUT2D eigenvalue weighted by Gasteiger charge is -2.21. The van der Waals surface area contributed by atoms with Gasteiger partial charge < -0.3 is 25.8 Å². The standard InChI is InChI=1S/C13H18ClN3O3/c1-20-11-3-2-9(6-10(11)14)17-12(18)16-8-13(19)4-5-15-7-13/h2-3,6,15,19H,4-5,7-8H2,1H3,(H2,16,17,18)/t13-/m0/s1. The number of methoxy groups -OCH3 is 1. The number of hydrogen-bond donors (Lipinski definition) is 4. The van der Waals surface area contributed by atoms with E-state index in [1.807, 2.05) is 0 Å². The third kappa shape index (κ3) is 3.75. The van der Waals surface area contributed by atoms with Crippen molar-refractivity contribution in [3.8, 4) is 5.75 Å². The number of aliphatic hydroxyl groups is 1. The summed E-state index contributed by atoms with van der Waals surface area (Å²) in [6.07, 6.45) is 0.627. The molecule has 1 saturated heterocycles. The van der Waals surface area contributed by atoms with Crippen molar-refractivity contribution in [3.63, 3.8) is 0 Å². The van der Waals surface area contributed by atoms with Crippen molar-refractivity contribution in [1.82, 2.24) is 10.6 Å². The topological polar surface area (TPSA) is 82.6 Å². The van der Waals surface area contributed by atoms with Gasteiger partial charge >= 0.3 is 6.03 Å². The zero-order valence-electron chi connectivity index (χ0n) is 11.2. The summed E-state index contributed by atoms with van der Waals surface area (Å²) in [5, 5.41) is 18.9.